The van der Waals surface area contributed by atoms with E-state index in [1.54, 1.807) is 29.1 Å². The van der Waals surface area contributed by atoms with Crippen molar-refractivity contribution in [1.29, 1.82) is 0 Å². The van der Waals surface area contributed by atoms with Gasteiger partial charge in [-0.1, -0.05) is 35.9 Å². The van der Waals surface area contributed by atoms with Crippen LogP contribution in [0.4, 0.5) is 0 Å². The smallest absolute Gasteiger partial charge is 0.295 e. The molecule has 0 saturated heterocycles. The Morgan fingerprint density at radius 2 is 1.95 bits per heavy atom. The van der Waals surface area contributed by atoms with Crippen LogP contribution in [-0.2, 0) is 12.2 Å². The number of halogens is 2. The maximum Gasteiger partial charge on any atom is 0.295 e. The van der Waals surface area contributed by atoms with Crippen LogP contribution in [0.25, 0.3) is 0 Å². The highest BCUT2D eigenvalue weighted by atomic mass is 127. The van der Waals surface area contributed by atoms with Crippen LogP contribution >= 0.6 is 46.2 Å². The molecule has 1 aromatic heterocycles. The number of thioether (sulfide) groups is 1. The number of rotatable bonds is 6. The molecule has 4 nitrogen and oxygen atoms in total. The molecule has 112 valence electrons. The predicted molar refractivity (Wildman–Crippen MR) is 94.3 cm³/mol. The molecule has 1 heterocycles. The van der Waals surface area contributed by atoms with Crippen LogP contribution in [0.15, 0.2) is 40.2 Å². The first-order valence-corrected chi connectivity index (χ1v) is 8.70. The van der Waals surface area contributed by atoms with Crippen molar-refractivity contribution in [3.63, 3.8) is 0 Å². The summed E-state index contributed by atoms with van der Waals surface area (Å²) in [5.41, 5.74) is 2.08. The minimum absolute atomic E-state index is 0.212. The van der Waals surface area contributed by atoms with Gasteiger partial charge in [0.25, 0.3) is 5.56 Å². The van der Waals surface area contributed by atoms with E-state index in [1.807, 2.05) is 0 Å². The maximum absolute atomic E-state index is 11.7. The number of aliphatic hydroxyl groups is 1. The maximum atomic E-state index is 11.7. The van der Waals surface area contributed by atoms with Gasteiger partial charge >= 0.3 is 0 Å². The van der Waals surface area contributed by atoms with Crippen molar-refractivity contribution in [3.8, 4) is 0 Å². The van der Waals surface area contributed by atoms with E-state index in [1.165, 1.54) is 20.2 Å². The van der Waals surface area contributed by atoms with Gasteiger partial charge in [-0.05, 0) is 24.0 Å². The Hall–Kier alpha value is -0.570. The number of hydrogen-bond acceptors (Lipinski definition) is 4. The van der Waals surface area contributed by atoms with Gasteiger partial charge in [-0.2, -0.15) is 7.99 Å². The second kappa shape index (κ2) is 8.17. The number of hydrogen-bond donors (Lipinski definition) is 1. The summed E-state index contributed by atoms with van der Waals surface area (Å²) in [4.78, 5) is 12.4. The third-order valence-corrected chi connectivity index (χ3v) is 5.15. The van der Waals surface area contributed by atoms with Gasteiger partial charge < -0.3 is 5.11 Å². The molecule has 0 aliphatic carbocycles. The van der Waals surface area contributed by atoms with Crippen molar-refractivity contribution in [2.75, 3.05) is 6.61 Å². The fourth-order valence-corrected chi connectivity index (χ4v) is 3.40. The van der Waals surface area contributed by atoms with Crippen molar-refractivity contribution < 1.29 is 5.11 Å². The van der Waals surface area contributed by atoms with Gasteiger partial charge in [0.05, 0.1) is 34.0 Å². The highest BCUT2D eigenvalue weighted by Crippen LogP contribution is 2.27. The quantitative estimate of drug-likeness (QED) is 0.558. The lowest BCUT2D eigenvalue weighted by Crippen LogP contribution is -2.15. The molecule has 1 N–H and O–H groups in total. The van der Waals surface area contributed by atoms with Gasteiger partial charge in [-0.3, -0.25) is 4.79 Å². The van der Waals surface area contributed by atoms with Crippen molar-refractivity contribution in [1.82, 2.24) is 7.99 Å². The summed E-state index contributed by atoms with van der Waals surface area (Å²) in [6.45, 7) is 0.214. The zero-order valence-corrected chi connectivity index (χ0v) is 14.9. The van der Waals surface area contributed by atoms with E-state index in [0.717, 1.165) is 24.2 Å². The monoisotopic (exact) mass is 436 g/mol. The molecule has 0 spiro atoms. The molecule has 0 atom stereocenters. The molecule has 0 unspecified atom stereocenters. The minimum Gasteiger partial charge on any atom is -0.396 e. The zero-order valence-electron chi connectivity index (χ0n) is 11.1. The minimum atomic E-state index is -0.290. The molecule has 7 heteroatoms. The zero-order chi connectivity index (χ0) is 15.2. The number of aliphatic hydroxyl groups excluding tert-OH is 1. The van der Waals surface area contributed by atoms with Crippen LogP contribution in [0.3, 0.4) is 0 Å². The van der Waals surface area contributed by atoms with E-state index in [4.69, 9.17) is 16.7 Å². The fraction of sp³-hybridized carbons (Fsp3) is 0.286. The Labute approximate surface area is 146 Å². The average molecular weight is 437 g/mol. The molecule has 0 amide bonds. The summed E-state index contributed by atoms with van der Waals surface area (Å²) in [6.07, 6.45) is 3.27. The number of aryl methyl sites for hydroxylation is 1. The third-order valence-electron chi connectivity index (χ3n) is 2.89. The Bertz CT molecular complexity index is 661. The standard InChI is InChI=1S/C14H14ClIN2O2S/c15-13-12(8-17-18(16)14(13)20)21-9-11-5-3-10(4-6-11)2-1-7-19/h3-6,8,19H,1-2,7,9H2. The molecule has 0 radical (unpaired) electrons. The molecule has 0 fully saturated rings. The topological polar surface area (TPSA) is 55.1 Å². The highest BCUT2D eigenvalue weighted by molar-refractivity contribution is 14.1. The third kappa shape index (κ3) is 4.70. The number of benzene rings is 1. The Morgan fingerprint density at radius 3 is 2.62 bits per heavy atom. The van der Waals surface area contributed by atoms with Crippen molar-refractivity contribution >= 4 is 46.2 Å². The van der Waals surface area contributed by atoms with Crippen molar-refractivity contribution in [2.24, 2.45) is 0 Å². The van der Waals surface area contributed by atoms with Crippen LogP contribution in [-0.4, -0.2) is 19.7 Å². The van der Waals surface area contributed by atoms with Crippen molar-refractivity contribution in [3.05, 3.63) is 57.0 Å². The first-order valence-electron chi connectivity index (χ1n) is 6.37. The first kappa shape index (κ1) is 16.8. The fourth-order valence-electron chi connectivity index (χ4n) is 1.75. The lowest BCUT2D eigenvalue weighted by molar-refractivity contribution is 0.288. The largest absolute Gasteiger partial charge is 0.396 e. The van der Waals surface area contributed by atoms with E-state index in [-0.39, 0.29) is 17.2 Å². The summed E-state index contributed by atoms with van der Waals surface area (Å²) in [6, 6.07) is 8.24. The molecule has 2 aromatic rings. The van der Waals surface area contributed by atoms with Gasteiger partial charge in [0.15, 0.2) is 0 Å². The van der Waals surface area contributed by atoms with Gasteiger partial charge in [-0.25, -0.2) is 0 Å². The number of aromatic nitrogens is 2. The summed E-state index contributed by atoms with van der Waals surface area (Å²) in [7, 11) is 0. The molecular formula is C14H14ClIN2O2S. The number of nitrogens with zero attached hydrogens (tertiary/aromatic N) is 2. The highest BCUT2D eigenvalue weighted by Gasteiger charge is 2.08. The average Bonchev–Trinajstić information content (AvgIpc) is 2.51. The van der Waals surface area contributed by atoms with E-state index in [0.29, 0.717) is 4.90 Å². The summed E-state index contributed by atoms with van der Waals surface area (Å²) in [5, 5.41) is 13.0. The van der Waals surface area contributed by atoms with Gasteiger partial charge in [0.1, 0.15) is 5.02 Å². The molecular weight excluding hydrogens is 423 g/mol. The second-order valence-corrected chi connectivity index (χ2v) is 6.73. The first-order chi connectivity index (χ1) is 10.1. The normalized spacial score (nSPS) is 10.8. The van der Waals surface area contributed by atoms with Gasteiger partial charge in [0, 0.05) is 12.4 Å². The summed E-state index contributed by atoms with van der Waals surface area (Å²) in [5.74, 6) is 0.729. The van der Waals surface area contributed by atoms with Crippen LogP contribution in [0.1, 0.15) is 17.5 Å². The van der Waals surface area contributed by atoms with Crippen molar-refractivity contribution in [2.45, 2.75) is 23.5 Å². The molecule has 21 heavy (non-hydrogen) atoms. The Kier molecular flexibility index (Phi) is 6.53. The lowest BCUT2D eigenvalue weighted by Gasteiger charge is -2.05. The lowest BCUT2D eigenvalue weighted by atomic mass is 10.1. The van der Waals surface area contributed by atoms with E-state index < -0.39 is 0 Å². The van der Waals surface area contributed by atoms with E-state index in [9.17, 15) is 4.79 Å². The SMILES string of the molecule is O=c1c(Cl)c(SCc2ccc(CCCO)cc2)cnn1I. The molecule has 0 saturated carbocycles. The van der Waals surface area contributed by atoms with Gasteiger partial charge in [-0.15, -0.1) is 11.8 Å². The Morgan fingerprint density at radius 1 is 1.29 bits per heavy atom. The molecule has 0 bridgehead atoms. The molecule has 1 aromatic carbocycles. The van der Waals surface area contributed by atoms with Crippen LogP contribution in [0.5, 0.6) is 0 Å². The molecule has 0 aliphatic rings. The van der Waals surface area contributed by atoms with Crippen LogP contribution in [0.2, 0.25) is 5.02 Å². The summed E-state index contributed by atoms with van der Waals surface area (Å²) < 4.78 is 1.19. The summed E-state index contributed by atoms with van der Waals surface area (Å²) >= 11 is 9.32. The van der Waals surface area contributed by atoms with Crippen LogP contribution < -0.4 is 5.56 Å². The second-order valence-electron chi connectivity index (χ2n) is 4.42. The van der Waals surface area contributed by atoms with E-state index >= 15 is 0 Å². The predicted octanol–water partition coefficient (Wildman–Crippen LogP) is 3.31. The molecule has 2 rings (SSSR count). The molecule has 0 aliphatic heterocycles. The van der Waals surface area contributed by atoms with Crippen LogP contribution in [0, 0.1) is 0 Å². The van der Waals surface area contributed by atoms with E-state index in [2.05, 4.69) is 29.4 Å². The van der Waals surface area contributed by atoms with Gasteiger partial charge in [0.2, 0.25) is 0 Å². The Balaban J connectivity index is 2.00.